The van der Waals surface area contributed by atoms with Crippen LogP contribution in [0.3, 0.4) is 0 Å². The van der Waals surface area contributed by atoms with Gasteiger partial charge in [-0.3, -0.25) is 14.4 Å². The second-order valence-corrected chi connectivity index (χ2v) is 5.30. The van der Waals surface area contributed by atoms with E-state index in [-0.39, 0.29) is 12.1 Å². The lowest BCUT2D eigenvalue weighted by molar-refractivity contribution is -0.139. The second-order valence-electron chi connectivity index (χ2n) is 5.30. The molecule has 1 heterocycles. The number of aromatic nitrogens is 2. The molecule has 5 nitrogen and oxygen atoms in total. The summed E-state index contributed by atoms with van der Waals surface area (Å²) in [5.74, 6) is -0.804. The normalized spacial score (nSPS) is 12.1. The lowest BCUT2D eigenvalue weighted by Gasteiger charge is -2.34. The van der Waals surface area contributed by atoms with Crippen LogP contribution in [0.1, 0.15) is 32.0 Å². The van der Waals surface area contributed by atoms with Crippen LogP contribution in [-0.2, 0) is 18.4 Å². The minimum atomic E-state index is -0.804. The van der Waals surface area contributed by atoms with Crippen molar-refractivity contribution in [3.05, 3.63) is 17.5 Å². The minimum Gasteiger partial charge on any atom is -0.480 e. The van der Waals surface area contributed by atoms with E-state index in [1.54, 1.807) is 10.9 Å². The first-order valence-electron chi connectivity index (χ1n) is 5.66. The van der Waals surface area contributed by atoms with Crippen molar-refractivity contribution >= 4 is 5.97 Å². The Bertz CT molecular complexity index is 404. The maximum absolute atomic E-state index is 10.9. The first-order valence-corrected chi connectivity index (χ1v) is 5.66. The first kappa shape index (κ1) is 13.7. The summed E-state index contributed by atoms with van der Waals surface area (Å²) < 4.78 is 1.80. The summed E-state index contributed by atoms with van der Waals surface area (Å²) in [4.78, 5) is 12.8. The standard InChI is InChI=1S/C12H21N3O2/c1-9-10(6-13-14(9)5)7-15(8-11(16)17)12(2,3)4/h6H,7-8H2,1-5H3,(H,16,17). The fourth-order valence-electron chi connectivity index (χ4n) is 1.60. The zero-order valence-electron chi connectivity index (χ0n) is 11.2. The summed E-state index contributed by atoms with van der Waals surface area (Å²) in [7, 11) is 1.89. The van der Waals surface area contributed by atoms with Crippen molar-refractivity contribution in [1.29, 1.82) is 0 Å². The number of carboxylic acid groups (broad SMARTS) is 1. The Morgan fingerprint density at radius 2 is 2.12 bits per heavy atom. The molecule has 0 saturated heterocycles. The summed E-state index contributed by atoms with van der Waals surface area (Å²) >= 11 is 0. The summed E-state index contributed by atoms with van der Waals surface area (Å²) in [6.07, 6.45) is 1.80. The van der Waals surface area contributed by atoms with E-state index >= 15 is 0 Å². The van der Waals surface area contributed by atoms with E-state index in [2.05, 4.69) is 5.10 Å². The number of hydrogen-bond acceptors (Lipinski definition) is 3. The molecule has 96 valence electrons. The highest BCUT2D eigenvalue weighted by Gasteiger charge is 2.24. The van der Waals surface area contributed by atoms with Gasteiger partial charge in [0.15, 0.2) is 0 Å². The third kappa shape index (κ3) is 3.56. The monoisotopic (exact) mass is 239 g/mol. The van der Waals surface area contributed by atoms with Gasteiger partial charge in [-0.2, -0.15) is 5.10 Å². The fraction of sp³-hybridized carbons (Fsp3) is 0.667. The van der Waals surface area contributed by atoms with E-state index in [0.717, 1.165) is 11.3 Å². The molecule has 0 atom stereocenters. The Balaban J connectivity index is 2.87. The highest BCUT2D eigenvalue weighted by molar-refractivity contribution is 5.69. The molecule has 5 heteroatoms. The number of nitrogens with zero attached hydrogens (tertiary/aromatic N) is 3. The molecule has 17 heavy (non-hydrogen) atoms. The van der Waals surface area contributed by atoms with Gasteiger partial charge in [0.05, 0.1) is 12.7 Å². The number of hydrogen-bond donors (Lipinski definition) is 1. The summed E-state index contributed by atoms with van der Waals surface area (Å²) in [5, 5.41) is 13.1. The summed E-state index contributed by atoms with van der Waals surface area (Å²) in [6.45, 7) is 8.68. The maximum Gasteiger partial charge on any atom is 0.317 e. The molecule has 0 aliphatic rings. The van der Waals surface area contributed by atoms with Gasteiger partial charge in [0.25, 0.3) is 0 Å². The van der Waals surface area contributed by atoms with Gasteiger partial charge in [0.2, 0.25) is 0 Å². The van der Waals surface area contributed by atoms with Crippen molar-refractivity contribution in [1.82, 2.24) is 14.7 Å². The largest absolute Gasteiger partial charge is 0.480 e. The van der Waals surface area contributed by atoms with Crippen molar-refractivity contribution in [3.63, 3.8) is 0 Å². The first-order chi connectivity index (χ1) is 7.71. The lowest BCUT2D eigenvalue weighted by Crippen LogP contribution is -2.43. The van der Waals surface area contributed by atoms with E-state index in [4.69, 9.17) is 5.11 Å². The summed E-state index contributed by atoms with van der Waals surface area (Å²) in [5.41, 5.74) is 1.97. The van der Waals surface area contributed by atoms with Crippen LogP contribution in [0.2, 0.25) is 0 Å². The van der Waals surface area contributed by atoms with E-state index in [0.29, 0.717) is 6.54 Å². The van der Waals surface area contributed by atoms with Crippen molar-refractivity contribution in [2.75, 3.05) is 6.54 Å². The number of aryl methyl sites for hydroxylation is 1. The molecule has 1 aromatic heterocycles. The van der Waals surface area contributed by atoms with Crippen LogP contribution in [0.4, 0.5) is 0 Å². The number of aliphatic carboxylic acids is 1. The Morgan fingerprint density at radius 1 is 1.53 bits per heavy atom. The van der Waals surface area contributed by atoms with Crippen LogP contribution >= 0.6 is 0 Å². The molecule has 0 bridgehead atoms. The fourth-order valence-corrected chi connectivity index (χ4v) is 1.60. The maximum atomic E-state index is 10.9. The SMILES string of the molecule is Cc1c(CN(CC(=O)O)C(C)(C)C)cnn1C. The van der Waals surface area contributed by atoms with E-state index < -0.39 is 5.97 Å². The van der Waals surface area contributed by atoms with Gasteiger partial charge >= 0.3 is 5.97 Å². The van der Waals surface area contributed by atoms with Crippen LogP contribution in [0, 0.1) is 6.92 Å². The number of carbonyl (C=O) groups is 1. The second kappa shape index (κ2) is 4.87. The molecule has 0 aliphatic heterocycles. The van der Waals surface area contributed by atoms with Crippen LogP contribution in [0.15, 0.2) is 6.20 Å². The van der Waals surface area contributed by atoms with Gasteiger partial charge in [0, 0.05) is 30.4 Å². The molecule has 0 aromatic carbocycles. The topological polar surface area (TPSA) is 58.4 Å². The molecule has 0 aliphatic carbocycles. The van der Waals surface area contributed by atoms with Crippen LogP contribution in [0.25, 0.3) is 0 Å². The molecule has 1 aromatic rings. The van der Waals surface area contributed by atoms with Gasteiger partial charge in [-0.1, -0.05) is 0 Å². The highest BCUT2D eigenvalue weighted by atomic mass is 16.4. The Morgan fingerprint density at radius 3 is 2.47 bits per heavy atom. The van der Waals surface area contributed by atoms with Crippen molar-refractivity contribution in [2.45, 2.75) is 39.8 Å². The zero-order chi connectivity index (χ0) is 13.2. The minimum absolute atomic E-state index is 0.0395. The molecule has 1 N–H and O–H groups in total. The van der Waals surface area contributed by atoms with Gasteiger partial charge in [-0.25, -0.2) is 0 Å². The van der Waals surface area contributed by atoms with Crippen molar-refractivity contribution in [3.8, 4) is 0 Å². The predicted octanol–water partition coefficient (Wildman–Crippen LogP) is 1.41. The van der Waals surface area contributed by atoms with Crippen LogP contribution < -0.4 is 0 Å². The van der Waals surface area contributed by atoms with Crippen molar-refractivity contribution < 1.29 is 9.90 Å². The molecule has 0 spiro atoms. The van der Waals surface area contributed by atoms with Gasteiger partial charge in [-0.05, 0) is 27.7 Å². The number of rotatable bonds is 4. The highest BCUT2D eigenvalue weighted by Crippen LogP contribution is 2.18. The molecule has 0 fully saturated rings. The Kier molecular flexibility index (Phi) is 3.93. The van der Waals surface area contributed by atoms with Crippen LogP contribution in [-0.4, -0.2) is 37.8 Å². The Labute approximate surface area is 102 Å². The molecular weight excluding hydrogens is 218 g/mol. The van der Waals surface area contributed by atoms with E-state index in [1.807, 2.05) is 39.6 Å². The van der Waals surface area contributed by atoms with Gasteiger partial charge in [0.1, 0.15) is 0 Å². The average Bonchev–Trinajstić information content (AvgIpc) is 2.46. The predicted molar refractivity (Wildman–Crippen MR) is 65.7 cm³/mol. The smallest absolute Gasteiger partial charge is 0.317 e. The third-order valence-corrected chi connectivity index (χ3v) is 2.97. The lowest BCUT2D eigenvalue weighted by atomic mass is 10.0. The van der Waals surface area contributed by atoms with Gasteiger partial charge in [-0.15, -0.1) is 0 Å². The quantitative estimate of drug-likeness (QED) is 0.863. The Hall–Kier alpha value is -1.36. The third-order valence-electron chi connectivity index (χ3n) is 2.97. The van der Waals surface area contributed by atoms with Crippen LogP contribution in [0.5, 0.6) is 0 Å². The zero-order valence-corrected chi connectivity index (χ0v) is 11.2. The average molecular weight is 239 g/mol. The molecule has 1 rings (SSSR count). The molecule has 0 amide bonds. The number of carboxylic acids is 1. The molecular formula is C12H21N3O2. The molecule has 0 saturated carbocycles. The van der Waals surface area contributed by atoms with Crippen molar-refractivity contribution in [2.24, 2.45) is 7.05 Å². The molecule has 0 radical (unpaired) electrons. The molecule has 0 unspecified atom stereocenters. The van der Waals surface area contributed by atoms with E-state index in [1.165, 1.54) is 0 Å². The van der Waals surface area contributed by atoms with Gasteiger partial charge < -0.3 is 5.11 Å². The summed E-state index contributed by atoms with van der Waals surface area (Å²) in [6, 6.07) is 0. The van der Waals surface area contributed by atoms with E-state index in [9.17, 15) is 4.79 Å².